The summed E-state index contributed by atoms with van der Waals surface area (Å²) in [6.07, 6.45) is 0. The van der Waals surface area contributed by atoms with Crippen molar-refractivity contribution in [3.63, 3.8) is 0 Å². The first-order chi connectivity index (χ1) is 7.71. The predicted molar refractivity (Wildman–Crippen MR) is 65.8 cm³/mol. The van der Waals surface area contributed by atoms with E-state index in [2.05, 4.69) is 0 Å². The largest absolute Gasteiger partial charge is 0.478 e. The second-order valence-electron chi connectivity index (χ2n) is 3.67. The first-order valence-corrected chi connectivity index (χ1v) is 7.21. The van der Waals surface area contributed by atoms with Crippen molar-refractivity contribution in [2.24, 2.45) is 5.14 Å². The van der Waals surface area contributed by atoms with E-state index in [-0.39, 0.29) is 15.7 Å². The van der Waals surface area contributed by atoms with Crippen LogP contribution in [-0.2, 0) is 10.0 Å². The third-order valence-corrected chi connectivity index (χ3v) is 3.86. The molecule has 0 atom stereocenters. The first-order valence-electron chi connectivity index (χ1n) is 4.78. The minimum Gasteiger partial charge on any atom is -0.478 e. The van der Waals surface area contributed by atoms with E-state index in [1.807, 2.05) is 13.8 Å². The number of primary sulfonamides is 1. The van der Waals surface area contributed by atoms with Crippen molar-refractivity contribution in [2.45, 2.75) is 28.9 Å². The van der Waals surface area contributed by atoms with Crippen molar-refractivity contribution in [3.8, 4) is 0 Å². The molecule has 0 unspecified atom stereocenters. The number of nitrogens with two attached hydrogens (primary N) is 1. The molecule has 0 spiro atoms. The molecule has 0 fully saturated rings. The normalized spacial score (nSPS) is 11.8. The fourth-order valence-electron chi connectivity index (χ4n) is 1.21. The molecule has 7 heteroatoms. The average molecular weight is 275 g/mol. The van der Waals surface area contributed by atoms with Crippen LogP contribution in [0.15, 0.2) is 28.0 Å². The number of carboxylic acid groups (broad SMARTS) is 1. The highest BCUT2D eigenvalue weighted by Crippen LogP contribution is 2.28. The van der Waals surface area contributed by atoms with E-state index in [1.54, 1.807) is 0 Å². The number of hydrogen-bond acceptors (Lipinski definition) is 4. The Kier molecular flexibility index (Phi) is 4.18. The molecule has 0 heterocycles. The molecule has 0 saturated carbocycles. The summed E-state index contributed by atoms with van der Waals surface area (Å²) in [6.45, 7) is 3.84. The molecule has 94 valence electrons. The van der Waals surface area contributed by atoms with Gasteiger partial charge in [-0.1, -0.05) is 13.8 Å². The number of aromatic carboxylic acids is 1. The lowest BCUT2D eigenvalue weighted by molar-refractivity contribution is 0.0693. The van der Waals surface area contributed by atoms with Gasteiger partial charge in [-0.15, -0.1) is 11.8 Å². The van der Waals surface area contributed by atoms with E-state index >= 15 is 0 Å². The van der Waals surface area contributed by atoms with Gasteiger partial charge in [0.2, 0.25) is 10.0 Å². The number of benzene rings is 1. The molecule has 0 amide bonds. The zero-order valence-corrected chi connectivity index (χ0v) is 11.0. The summed E-state index contributed by atoms with van der Waals surface area (Å²) in [4.78, 5) is 11.4. The Hall–Kier alpha value is -1.05. The second kappa shape index (κ2) is 5.07. The molecule has 5 nitrogen and oxygen atoms in total. The zero-order valence-electron chi connectivity index (χ0n) is 9.38. The molecule has 0 radical (unpaired) electrons. The Morgan fingerprint density at radius 3 is 2.41 bits per heavy atom. The maximum absolute atomic E-state index is 11.1. The van der Waals surface area contributed by atoms with Gasteiger partial charge in [0.05, 0.1) is 10.5 Å². The highest BCUT2D eigenvalue weighted by Gasteiger charge is 2.16. The number of sulfonamides is 1. The van der Waals surface area contributed by atoms with Crippen LogP contribution in [0.2, 0.25) is 0 Å². The number of rotatable bonds is 4. The molecular weight excluding hydrogens is 262 g/mol. The second-order valence-corrected chi connectivity index (χ2v) is 6.85. The van der Waals surface area contributed by atoms with Crippen LogP contribution in [-0.4, -0.2) is 24.7 Å². The molecule has 0 aliphatic carbocycles. The molecule has 1 aromatic carbocycles. The van der Waals surface area contributed by atoms with E-state index < -0.39 is 16.0 Å². The third kappa shape index (κ3) is 3.72. The summed E-state index contributed by atoms with van der Waals surface area (Å²) < 4.78 is 22.2. The minimum absolute atomic E-state index is 0.0461. The fraction of sp³-hybridized carbons (Fsp3) is 0.300. The summed E-state index contributed by atoms with van der Waals surface area (Å²) in [7, 11) is -3.88. The van der Waals surface area contributed by atoms with Crippen molar-refractivity contribution < 1.29 is 18.3 Å². The van der Waals surface area contributed by atoms with Gasteiger partial charge in [-0.25, -0.2) is 18.4 Å². The van der Waals surface area contributed by atoms with Crippen molar-refractivity contribution in [2.75, 3.05) is 0 Å². The van der Waals surface area contributed by atoms with Gasteiger partial charge in [0.15, 0.2) is 0 Å². The molecule has 17 heavy (non-hydrogen) atoms. The maximum atomic E-state index is 11.1. The quantitative estimate of drug-likeness (QED) is 0.812. The SMILES string of the molecule is CC(C)Sc1ccc(S(N)(=O)=O)cc1C(=O)O. The molecule has 0 aromatic heterocycles. The Morgan fingerprint density at radius 1 is 1.41 bits per heavy atom. The van der Waals surface area contributed by atoms with Crippen LogP contribution >= 0.6 is 11.8 Å². The summed E-state index contributed by atoms with van der Waals surface area (Å²) in [5, 5.41) is 14.2. The Morgan fingerprint density at radius 2 is 2.00 bits per heavy atom. The van der Waals surface area contributed by atoms with Crippen molar-refractivity contribution in [1.82, 2.24) is 0 Å². The van der Waals surface area contributed by atoms with E-state index in [0.717, 1.165) is 6.07 Å². The molecule has 1 aromatic rings. The minimum atomic E-state index is -3.88. The highest BCUT2D eigenvalue weighted by molar-refractivity contribution is 8.00. The van der Waals surface area contributed by atoms with Crippen molar-refractivity contribution in [3.05, 3.63) is 23.8 Å². The first kappa shape index (κ1) is 14.0. The summed E-state index contributed by atoms with van der Waals surface area (Å²) in [6, 6.07) is 3.86. The van der Waals surface area contributed by atoms with E-state index in [4.69, 9.17) is 10.2 Å². The molecule has 0 saturated heterocycles. The molecule has 3 N–H and O–H groups in total. The summed E-state index contributed by atoms with van der Waals surface area (Å²) in [5.41, 5.74) is -0.0461. The fourth-order valence-corrected chi connectivity index (χ4v) is 2.68. The molecule has 0 aliphatic rings. The number of hydrogen-bond donors (Lipinski definition) is 2. The van der Waals surface area contributed by atoms with Gasteiger partial charge in [0, 0.05) is 10.1 Å². The Balaban J connectivity index is 3.32. The maximum Gasteiger partial charge on any atom is 0.336 e. The van der Waals surface area contributed by atoms with Gasteiger partial charge in [0.25, 0.3) is 0 Å². The van der Waals surface area contributed by atoms with E-state index in [0.29, 0.717) is 4.90 Å². The lowest BCUT2D eigenvalue weighted by Gasteiger charge is -2.09. The third-order valence-electron chi connectivity index (χ3n) is 1.87. The highest BCUT2D eigenvalue weighted by atomic mass is 32.2. The standard InChI is InChI=1S/C10H13NO4S2/c1-6(2)16-9-4-3-7(17(11,14)15)5-8(9)10(12)13/h3-6H,1-2H3,(H,12,13)(H2,11,14,15). The summed E-state index contributed by atoms with van der Waals surface area (Å²) in [5.74, 6) is -1.17. The van der Waals surface area contributed by atoms with Crippen LogP contribution < -0.4 is 5.14 Å². The molecule has 0 bridgehead atoms. The van der Waals surface area contributed by atoms with Gasteiger partial charge in [-0.3, -0.25) is 0 Å². The lowest BCUT2D eigenvalue weighted by atomic mass is 10.2. The average Bonchev–Trinajstić information content (AvgIpc) is 2.15. The van der Waals surface area contributed by atoms with Crippen LogP contribution in [0, 0.1) is 0 Å². The number of thioether (sulfide) groups is 1. The topological polar surface area (TPSA) is 97.5 Å². The van der Waals surface area contributed by atoms with Crippen molar-refractivity contribution in [1.29, 1.82) is 0 Å². The predicted octanol–water partition coefficient (Wildman–Crippen LogP) is 1.53. The number of carbonyl (C=O) groups is 1. The van der Waals surface area contributed by atoms with Crippen molar-refractivity contribution >= 4 is 27.8 Å². The monoisotopic (exact) mass is 275 g/mol. The molecule has 0 aliphatic heterocycles. The lowest BCUT2D eigenvalue weighted by Crippen LogP contribution is -2.13. The van der Waals surface area contributed by atoms with Crippen LogP contribution in [0.3, 0.4) is 0 Å². The van der Waals surface area contributed by atoms with E-state index in [9.17, 15) is 13.2 Å². The van der Waals surface area contributed by atoms with Crippen LogP contribution in [0.25, 0.3) is 0 Å². The summed E-state index contributed by atoms with van der Waals surface area (Å²) >= 11 is 1.36. The van der Waals surface area contributed by atoms with Gasteiger partial charge >= 0.3 is 5.97 Å². The van der Waals surface area contributed by atoms with E-state index in [1.165, 1.54) is 23.9 Å². The van der Waals surface area contributed by atoms with Gasteiger partial charge in [0.1, 0.15) is 0 Å². The van der Waals surface area contributed by atoms with Gasteiger partial charge in [-0.05, 0) is 18.2 Å². The van der Waals surface area contributed by atoms with Gasteiger partial charge < -0.3 is 5.11 Å². The van der Waals surface area contributed by atoms with Crippen LogP contribution in [0.4, 0.5) is 0 Å². The zero-order chi connectivity index (χ0) is 13.2. The Bertz CT molecular complexity index is 537. The van der Waals surface area contributed by atoms with Gasteiger partial charge in [-0.2, -0.15) is 0 Å². The smallest absolute Gasteiger partial charge is 0.336 e. The van der Waals surface area contributed by atoms with Crippen LogP contribution in [0.1, 0.15) is 24.2 Å². The molecule has 1 rings (SSSR count). The Labute approximate surface area is 104 Å². The number of carboxylic acids is 1. The van der Waals surface area contributed by atoms with Crippen LogP contribution in [0.5, 0.6) is 0 Å². The molecular formula is C10H13NO4S2.